The fourth-order valence-corrected chi connectivity index (χ4v) is 3.15. The van der Waals surface area contributed by atoms with Gasteiger partial charge < -0.3 is 10.6 Å². The van der Waals surface area contributed by atoms with E-state index < -0.39 is 26.1 Å². The molecule has 11 heteroatoms. The third-order valence-electron chi connectivity index (χ3n) is 3.63. The van der Waals surface area contributed by atoms with Crippen LogP contribution in [0.15, 0.2) is 47.4 Å². The predicted molar refractivity (Wildman–Crippen MR) is 102 cm³/mol. The predicted octanol–water partition coefficient (Wildman–Crippen LogP) is 4.02. The fraction of sp³-hybridized carbons (Fsp3) is 0.222. The summed E-state index contributed by atoms with van der Waals surface area (Å²) in [6.45, 7) is 3.55. The lowest BCUT2D eigenvalue weighted by Crippen LogP contribution is -2.30. The molecule has 0 aliphatic heterocycles. The van der Waals surface area contributed by atoms with Crippen molar-refractivity contribution >= 4 is 38.9 Å². The summed E-state index contributed by atoms with van der Waals surface area (Å²) in [5.74, 6) is -1.13. The van der Waals surface area contributed by atoms with E-state index in [0.717, 1.165) is 12.1 Å². The van der Waals surface area contributed by atoms with Crippen LogP contribution >= 0.6 is 11.6 Å². The van der Waals surface area contributed by atoms with Gasteiger partial charge in [-0.2, -0.15) is 13.2 Å². The van der Waals surface area contributed by atoms with Crippen molar-refractivity contribution in [1.82, 2.24) is 5.32 Å². The van der Waals surface area contributed by atoms with E-state index in [2.05, 4.69) is 10.6 Å². The number of benzene rings is 2. The van der Waals surface area contributed by atoms with E-state index in [9.17, 15) is 31.2 Å². The molecule has 0 saturated carbocycles. The first-order valence-electron chi connectivity index (χ1n) is 8.16. The Morgan fingerprint density at radius 1 is 0.966 bits per heavy atom. The second-order valence-corrected chi connectivity index (χ2v) is 8.60. The number of alkyl halides is 3. The lowest BCUT2D eigenvalue weighted by molar-refractivity contribution is -0.0436. The molecule has 0 saturated heterocycles. The smallest absolute Gasteiger partial charge is 0.350 e. The van der Waals surface area contributed by atoms with E-state index in [-0.39, 0.29) is 33.8 Å². The Morgan fingerprint density at radius 2 is 1.52 bits per heavy atom. The van der Waals surface area contributed by atoms with Gasteiger partial charge in [-0.1, -0.05) is 11.6 Å². The SMILES string of the molecule is CC(C)NC(=O)c1ccc(Cl)c(NC(=O)c2ccc(S(=O)(=O)C(F)(F)F)cc2)c1. The average Bonchev–Trinajstić information content (AvgIpc) is 2.62. The highest BCUT2D eigenvalue weighted by atomic mass is 35.5. The lowest BCUT2D eigenvalue weighted by Gasteiger charge is -2.12. The molecule has 2 amide bonds. The molecule has 0 bridgehead atoms. The summed E-state index contributed by atoms with van der Waals surface area (Å²) in [6, 6.07) is 7.37. The summed E-state index contributed by atoms with van der Waals surface area (Å²) in [6.07, 6.45) is 0. The van der Waals surface area contributed by atoms with Crippen LogP contribution in [0.5, 0.6) is 0 Å². The Labute approximate surface area is 170 Å². The molecule has 0 spiro atoms. The number of hydrogen-bond donors (Lipinski definition) is 2. The Balaban J connectivity index is 2.24. The van der Waals surface area contributed by atoms with Gasteiger partial charge in [0.2, 0.25) is 0 Å². The third-order valence-corrected chi connectivity index (χ3v) is 5.46. The van der Waals surface area contributed by atoms with E-state index in [0.29, 0.717) is 12.1 Å². The van der Waals surface area contributed by atoms with E-state index in [1.165, 1.54) is 18.2 Å². The topological polar surface area (TPSA) is 92.3 Å². The number of hydrogen-bond acceptors (Lipinski definition) is 4. The van der Waals surface area contributed by atoms with E-state index in [1.807, 2.05) is 0 Å². The minimum Gasteiger partial charge on any atom is -0.350 e. The highest BCUT2D eigenvalue weighted by Gasteiger charge is 2.46. The van der Waals surface area contributed by atoms with E-state index in [4.69, 9.17) is 11.6 Å². The normalized spacial score (nSPS) is 12.0. The van der Waals surface area contributed by atoms with Crippen LogP contribution in [0.3, 0.4) is 0 Å². The second kappa shape index (κ2) is 8.42. The van der Waals surface area contributed by atoms with Gasteiger partial charge in [0.25, 0.3) is 21.7 Å². The Bertz CT molecular complexity index is 1040. The van der Waals surface area contributed by atoms with Crippen LogP contribution in [0.4, 0.5) is 18.9 Å². The van der Waals surface area contributed by atoms with Crippen molar-refractivity contribution in [3.8, 4) is 0 Å². The monoisotopic (exact) mass is 448 g/mol. The molecule has 2 aromatic carbocycles. The van der Waals surface area contributed by atoms with Crippen LogP contribution in [0, 0.1) is 0 Å². The number of amides is 2. The summed E-state index contributed by atoms with van der Waals surface area (Å²) in [4.78, 5) is 23.4. The molecule has 0 fully saturated rings. The van der Waals surface area contributed by atoms with Crippen LogP contribution in [0.25, 0.3) is 0 Å². The zero-order chi connectivity index (χ0) is 22.0. The molecule has 2 rings (SSSR count). The van der Waals surface area contributed by atoms with E-state index >= 15 is 0 Å². The molecule has 6 nitrogen and oxygen atoms in total. The van der Waals surface area contributed by atoms with Crippen LogP contribution in [-0.4, -0.2) is 31.8 Å². The zero-order valence-electron chi connectivity index (χ0n) is 15.2. The van der Waals surface area contributed by atoms with Crippen molar-refractivity contribution in [2.24, 2.45) is 0 Å². The number of anilines is 1. The average molecular weight is 449 g/mol. The van der Waals surface area contributed by atoms with Gasteiger partial charge in [0, 0.05) is 17.2 Å². The molecular weight excluding hydrogens is 433 g/mol. The summed E-state index contributed by atoms with van der Waals surface area (Å²) in [5.41, 5.74) is -5.19. The molecule has 0 atom stereocenters. The van der Waals surface area contributed by atoms with Gasteiger partial charge in [-0.25, -0.2) is 8.42 Å². The molecule has 0 aromatic heterocycles. The number of rotatable bonds is 5. The van der Waals surface area contributed by atoms with Crippen molar-refractivity contribution in [2.75, 3.05) is 5.32 Å². The number of nitrogens with one attached hydrogen (secondary N) is 2. The van der Waals surface area contributed by atoms with Crippen molar-refractivity contribution in [1.29, 1.82) is 0 Å². The largest absolute Gasteiger partial charge is 0.501 e. The van der Waals surface area contributed by atoms with Gasteiger partial charge in [0.15, 0.2) is 0 Å². The molecule has 0 radical (unpaired) electrons. The number of carbonyl (C=O) groups excluding carboxylic acids is 2. The summed E-state index contributed by atoms with van der Waals surface area (Å²) in [7, 11) is -5.51. The second-order valence-electron chi connectivity index (χ2n) is 6.25. The first kappa shape index (κ1) is 22.7. The standard InChI is InChI=1S/C18H16ClF3N2O4S/c1-10(2)23-17(26)12-5-8-14(19)15(9-12)24-16(25)11-3-6-13(7-4-11)29(27,28)18(20,21)22/h3-10H,1-2H3,(H,23,26)(H,24,25). The zero-order valence-corrected chi connectivity index (χ0v) is 16.7. The van der Waals surface area contributed by atoms with Gasteiger partial charge in [-0.3, -0.25) is 9.59 Å². The summed E-state index contributed by atoms with van der Waals surface area (Å²) < 4.78 is 60.5. The van der Waals surface area contributed by atoms with Crippen LogP contribution in [0.1, 0.15) is 34.6 Å². The molecular formula is C18H16ClF3N2O4S. The maximum absolute atomic E-state index is 12.6. The van der Waals surface area contributed by atoms with Gasteiger partial charge in [0.1, 0.15) is 0 Å². The molecule has 29 heavy (non-hydrogen) atoms. The van der Waals surface area contributed by atoms with Crippen molar-refractivity contribution < 1.29 is 31.2 Å². The third kappa shape index (κ3) is 5.27. The lowest BCUT2D eigenvalue weighted by atomic mass is 10.1. The van der Waals surface area contributed by atoms with E-state index in [1.54, 1.807) is 13.8 Å². The van der Waals surface area contributed by atoms with Crippen LogP contribution in [-0.2, 0) is 9.84 Å². The number of carbonyl (C=O) groups is 2. The van der Waals surface area contributed by atoms with Crippen LogP contribution in [0.2, 0.25) is 5.02 Å². The Kier molecular flexibility index (Phi) is 6.59. The van der Waals surface area contributed by atoms with Crippen molar-refractivity contribution in [2.45, 2.75) is 30.3 Å². The fourth-order valence-electron chi connectivity index (χ4n) is 2.22. The Hall–Kier alpha value is -2.59. The molecule has 2 aromatic rings. The minimum atomic E-state index is -5.51. The molecule has 0 unspecified atom stereocenters. The first-order valence-corrected chi connectivity index (χ1v) is 10.0. The number of sulfone groups is 1. The summed E-state index contributed by atoms with van der Waals surface area (Å²) in [5, 5.41) is 5.26. The molecule has 156 valence electrons. The van der Waals surface area contributed by atoms with Gasteiger partial charge in [-0.15, -0.1) is 0 Å². The quantitative estimate of drug-likeness (QED) is 0.722. The highest BCUT2D eigenvalue weighted by Crippen LogP contribution is 2.30. The van der Waals surface area contributed by atoms with Crippen LogP contribution < -0.4 is 10.6 Å². The first-order chi connectivity index (χ1) is 13.3. The highest BCUT2D eigenvalue weighted by molar-refractivity contribution is 7.92. The van der Waals surface area contributed by atoms with Gasteiger partial charge in [-0.05, 0) is 56.3 Å². The van der Waals surface area contributed by atoms with Crippen molar-refractivity contribution in [3.63, 3.8) is 0 Å². The molecule has 0 aliphatic rings. The molecule has 0 heterocycles. The van der Waals surface area contributed by atoms with Gasteiger partial charge in [0.05, 0.1) is 15.6 Å². The maximum Gasteiger partial charge on any atom is 0.501 e. The minimum absolute atomic E-state index is 0.0979. The molecule has 2 N–H and O–H groups in total. The maximum atomic E-state index is 12.6. The summed E-state index contributed by atoms with van der Waals surface area (Å²) >= 11 is 6.02. The van der Waals surface area contributed by atoms with Crippen molar-refractivity contribution in [3.05, 3.63) is 58.6 Å². The molecule has 0 aliphatic carbocycles. The Morgan fingerprint density at radius 3 is 2.03 bits per heavy atom. The van der Waals surface area contributed by atoms with Gasteiger partial charge >= 0.3 is 5.51 Å². The number of halogens is 4.